The molecule has 6 atom stereocenters. The van der Waals surface area contributed by atoms with Crippen LogP contribution in [0.25, 0.3) is 0 Å². The minimum Gasteiger partial charge on any atom is -0.458 e. The van der Waals surface area contributed by atoms with E-state index in [-0.39, 0.29) is 17.9 Å². The van der Waals surface area contributed by atoms with Gasteiger partial charge >= 0.3 is 5.97 Å². The van der Waals surface area contributed by atoms with Gasteiger partial charge in [0, 0.05) is 16.9 Å². The topological polar surface area (TPSA) is 66.8 Å². The van der Waals surface area contributed by atoms with Gasteiger partial charge in [0.25, 0.3) is 0 Å². The zero-order valence-corrected chi connectivity index (χ0v) is 11.1. The van der Waals surface area contributed by atoms with Crippen molar-refractivity contribution in [2.45, 2.75) is 44.5 Å². The van der Waals surface area contributed by atoms with E-state index in [9.17, 15) is 15.0 Å². The number of fused-ring (bicyclic) bond motifs is 2. The van der Waals surface area contributed by atoms with E-state index in [1.165, 1.54) is 0 Å². The van der Waals surface area contributed by atoms with Crippen molar-refractivity contribution in [2.24, 2.45) is 17.3 Å². The van der Waals surface area contributed by atoms with Gasteiger partial charge in [0.05, 0.1) is 18.1 Å². The minimum atomic E-state index is -0.745. The van der Waals surface area contributed by atoms with Crippen molar-refractivity contribution in [3.63, 3.8) is 0 Å². The van der Waals surface area contributed by atoms with Gasteiger partial charge in [-0.1, -0.05) is 25.7 Å². The molecule has 3 rings (SSSR count). The number of ether oxygens (including phenoxy) is 1. The number of aliphatic hydroxyl groups excluding tert-OH is 2. The summed E-state index contributed by atoms with van der Waals surface area (Å²) in [7, 11) is 0. The molecule has 0 spiro atoms. The second kappa shape index (κ2) is 3.93. The van der Waals surface area contributed by atoms with E-state index in [1.807, 2.05) is 6.92 Å². The number of hydrogen-bond donors (Lipinski definition) is 2. The van der Waals surface area contributed by atoms with Gasteiger partial charge < -0.3 is 14.9 Å². The van der Waals surface area contributed by atoms with Crippen LogP contribution in [0.3, 0.4) is 0 Å². The van der Waals surface area contributed by atoms with Crippen LogP contribution in [0.1, 0.15) is 26.2 Å². The molecule has 3 aliphatic rings. The molecule has 1 saturated heterocycles. The number of carbonyl (C=O) groups excluding carboxylic acids is 1. The first-order valence-corrected chi connectivity index (χ1v) is 6.80. The van der Waals surface area contributed by atoms with E-state index in [0.717, 1.165) is 12.0 Å². The lowest BCUT2D eigenvalue weighted by Gasteiger charge is -2.54. The second-order valence-corrected chi connectivity index (χ2v) is 6.39. The summed E-state index contributed by atoms with van der Waals surface area (Å²) in [5, 5.41) is 21.0. The molecule has 0 aromatic rings. The van der Waals surface area contributed by atoms with Gasteiger partial charge in [-0.25, -0.2) is 4.79 Å². The summed E-state index contributed by atoms with van der Waals surface area (Å²) in [6, 6.07) is 0. The van der Waals surface area contributed by atoms with Crippen LogP contribution in [0.4, 0.5) is 0 Å². The Kier molecular flexibility index (Phi) is 2.67. The van der Waals surface area contributed by atoms with Crippen molar-refractivity contribution in [2.75, 3.05) is 0 Å². The smallest absolute Gasteiger partial charge is 0.334 e. The van der Waals surface area contributed by atoms with Gasteiger partial charge in [-0.2, -0.15) is 0 Å². The largest absolute Gasteiger partial charge is 0.458 e. The number of rotatable bonds is 0. The summed E-state index contributed by atoms with van der Waals surface area (Å²) in [5.41, 5.74) is 0.846. The molecule has 0 bridgehead atoms. The molecule has 0 amide bonds. The van der Waals surface area contributed by atoms with Gasteiger partial charge in [-0.3, -0.25) is 0 Å². The van der Waals surface area contributed by atoms with E-state index < -0.39 is 23.6 Å². The predicted octanol–water partition coefficient (Wildman–Crippen LogP) is 1.18. The maximum absolute atomic E-state index is 11.6. The third-order valence-corrected chi connectivity index (χ3v) is 5.32. The third-order valence-electron chi connectivity index (χ3n) is 5.32. The van der Waals surface area contributed by atoms with Crippen LogP contribution < -0.4 is 0 Å². The molecule has 0 aromatic heterocycles. The highest BCUT2D eigenvalue weighted by molar-refractivity contribution is 5.91. The van der Waals surface area contributed by atoms with Gasteiger partial charge in [-0.15, -0.1) is 0 Å². The predicted molar refractivity (Wildman–Crippen MR) is 69.1 cm³/mol. The summed E-state index contributed by atoms with van der Waals surface area (Å²) in [6.07, 6.45) is 0.333. The second-order valence-electron chi connectivity index (χ2n) is 6.39. The first-order chi connectivity index (χ1) is 8.86. The van der Waals surface area contributed by atoms with Crippen molar-refractivity contribution in [3.8, 4) is 0 Å². The molecule has 2 N–H and O–H groups in total. The maximum Gasteiger partial charge on any atom is 0.334 e. The zero-order valence-electron chi connectivity index (χ0n) is 11.1. The molecule has 19 heavy (non-hydrogen) atoms. The lowest BCUT2D eigenvalue weighted by atomic mass is 9.53. The Labute approximate surface area is 112 Å². The van der Waals surface area contributed by atoms with Gasteiger partial charge in [0.15, 0.2) is 0 Å². The maximum atomic E-state index is 11.6. The molecule has 6 unspecified atom stereocenters. The molecule has 3 fully saturated rings. The molecule has 1 aliphatic heterocycles. The molecule has 1 heterocycles. The Hall–Kier alpha value is -1.13. The lowest BCUT2D eigenvalue weighted by molar-refractivity contribution is -0.157. The van der Waals surface area contributed by atoms with E-state index in [4.69, 9.17) is 4.74 Å². The number of esters is 1. The van der Waals surface area contributed by atoms with E-state index in [2.05, 4.69) is 13.2 Å². The van der Waals surface area contributed by atoms with E-state index in [0.29, 0.717) is 18.4 Å². The minimum absolute atomic E-state index is 0.191. The van der Waals surface area contributed by atoms with Crippen LogP contribution in [-0.2, 0) is 9.53 Å². The van der Waals surface area contributed by atoms with Crippen molar-refractivity contribution in [1.82, 2.24) is 0 Å². The Morgan fingerprint density at radius 3 is 2.74 bits per heavy atom. The Balaban J connectivity index is 2.02. The van der Waals surface area contributed by atoms with Gasteiger partial charge in [0.2, 0.25) is 0 Å². The first kappa shape index (κ1) is 12.9. The number of aliphatic hydroxyl groups is 2. The van der Waals surface area contributed by atoms with Crippen LogP contribution in [0.5, 0.6) is 0 Å². The van der Waals surface area contributed by atoms with Crippen LogP contribution in [0, 0.1) is 17.3 Å². The zero-order chi connectivity index (χ0) is 13.9. The Bertz CT molecular complexity index is 469. The molecule has 0 aromatic carbocycles. The van der Waals surface area contributed by atoms with Gasteiger partial charge in [-0.05, 0) is 19.3 Å². The van der Waals surface area contributed by atoms with E-state index in [1.54, 1.807) is 0 Å². The molecular weight excluding hydrogens is 244 g/mol. The van der Waals surface area contributed by atoms with E-state index >= 15 is 0 Å². The monoisotopic (exact) mass is 264 g/mol. The summed E-state index contributed by atoms with van der Waals surface area (Å²) in [6.45, 7) is 9.77. The van der Waals surface area contributed by atoms with Crippen LogP contribution in [-0.4, -0.2) is 34.5 Å². The normalized spacial score (nSPS) is 49.6. The van der Waals surface area contributed by atoms with Crippen LogP contribution >= 0.6 is 0 Å². The SMILES string of the molecule is C=C1C(=O)OC2CC3(C)C(O)CCC(=C)C3C(O)C12. The highest BCUT2D eigenvalue weighted by Crippen LogP contribution is 2.56. The van der Waals surface area contributed by atoms with Crippen molar-refractivity contribution < 1.29 is 19.7 Å². The fourth-order valence-corrected chi connectivity index (χ4v) is 4.26. The number of hydrogen-bond acceptors (Lipinski definition) is 4. The highest BCUT2D eigenvalue weighted by atomic mass is 16.6. The van der Waals surface area contributed by atoms with Crippen molar-refractivity contribution in [3.05, 3.63) is 24.3 Å². The quantitative estimate of drug-likeness (QED) is 0.392. The molecule has 2 saturated carbocycles. The average molecular weight is 264 g/mol. The van der Waals surface area contributed by atoms with Crippen LogP contribution in [0.15, 0.2) is 24.3 Å². The fraction of sp³-hybridized carbons (Fsp3) is 0.667. The van der Waals surface area contributed by atoms with Crippen molar-refractivity contribution in [1.29, 1.82) is 0 Å². The van der Waals surface area contributed by atoms with Crippen molar-refractivity contribution >= 4 is 5.97 Å². The molecular formula is C15H20O4. The molecule has 0 radical (unpaired) electrons. The Morgan fingerprint density at radius 2 is 2.05 bits per heavy atom. The average Bonchev–Trinajstić information content (AvgIpc) is 2.60. The van der Waals surface area contributed by atoms with Crippen LogP contribution in [0.2, 0.25) is 0 Å². The first-order valence-electron chi connectivity index (χ1n) is 6.80. The fourth-order valence-electron chi connectivity index (χ4n) is 4.26. The lowest BCUT2D eigenvalue weighted by Crippen LogP contribution is -2.57. The standard InChI is InChI=1S/C15H20O4/c1-7-4-5-10(16)15(3)6-9-11(13(17)12(7)15)8(2)14(18)19-9/h9-13,16-17H,1-2,4-6H2,3H3. The molecule has 4 heteroatoms. The highest BCUT2D eigenvalue weighted by Gasteiger charge is 2.60. The summed E-state index contributed by atoms with van der Waals surface area (Å²) < 4.78 is 5.31. The Morgan fingerprint density at radius 1 is 1.37 bits per heavy atom. The van der Waals surface area contributed by atoms with Gasteiger partial charge in [0.1, 0.15) is 6.10 Å². The summed E-state index contributed by atoms with van der Waals surface area (Å²) in [4.78, 5) is 11.6. The molecule has 2 aliphatic carbocycles. The number of carbonyl (C=O) groups is 1. The third kappa shape index (κ3) is 1.56. The summed E-state index contributed by atoms with van der Waals surface area (Å²) >= 11 is 0. The summed E-state index contributed by atoms with van der Waals surface area (Å²) in [5.74, 6) is -0.965. The molecule has 104 valence electrons. The molecule has 4 nitrogen and oxygen atoms in total.